The van der Waals surface area contributed by atoms with Crippen LogP contribution < -0.4 is 21.7 Å². The molecule has 0 saturated carbocycles. The van der Waals surface area contributed by atoms with E-state index in [1.165, 1.54) is 6.92 Å². The summed E-state index contributed by atoms with van der Waals surface area (Å²) < 4.78 is 0. The van der Waals surface area contributed by atoms with Gasteiger partial charge in [-0.25, -0.2) is 9.59 Å². The highest BCUT2D eigenvalue weighted by Crippen LogP contribution is 1.97. The first-order valence-corrected chi connectivity index (χ1v) is 6.63. The third-order valence-corrected chi connectivity index (χ3v) is 2.57. The average molecular weight is 302 g/mol. The zero-order valence-corrected chi connectivity index (χ0v) is 12.1. The van der Waals surface area contributed by atoms with Crippen molar-refractivity contribution in [1.82, 2.24) is 16.0 Å². The number of nitrogens with two attached hydrogens (primary N) is 1. The van der Waals surface area contributed by atoms with E-state index in [9.17, 15) is 19.2 Å². The van der Waals surface area contributed by atoms with Crippen molar-refractivity contribution in [3.8, 4) is 0 Å². The van der Waals surface area contributed by atoms with E-state index < -0.39 is 30.0 Å². The van der Waals surface area contributed by atoms with Crippen LogP contribution in [0.1, 0.15) is 33.1 Å². The number of hydrogen-bond donors (Lipinski definition) is 5. The van der Waals surface area contributed by atoms with E-state index in [1.807, 2.05) is 6.92 Å². The highest BCUT2D eigenvalue weighted by atomic mass is 16.4. The fourth-order valence-corrected chi connectivity index (χ4v) is 1.41. The molecule has 120 valence electrons. The summed E-state index contributed by atoms with van der Waals surface area (Å²) in [5, 5.41) is 16.0. The van der Waals surface area contributed by atoms with Gasteiger partial charge in [-0.05, 0) is 19.8 Å². The van der Waals surface area contributed by atoms with Crippen molar-refractivity contribution in [2.75, 3.05) is 6.54 Å². The normalized spacial score (nSPS) is 12.9. The number of hydrogen-bond acceptors (Lipinski definition) is 4. The van der Waals surface area contributed by atoms with Crippen LogP contribution in [0.4, 0.5) is 4.79 Å². The molecule has 0 heterocycles. The first kappa shape index (κ1) is 18.7. The third kappa shape index (κ3) is 8.45. The minimum atomic E-state index is -1.28. The molecule has 0 radical (unpaired) electrons. The summed E-state index contributed by atoms with van der Waals surface area (Å²) in [6, 6.07) is -2.85. The van der Waals surface area contributed by atoms with Crippen LogP contribution in [0.15, 0.2) is 0 Å². The molecule has 2 unspecified atom stereocenters. The van der Waals surface area contributed by atoms with Crippen LogP contribution >= 0.6 is 0 Å². The van der Waals surface area contributed by atoms with E-state index in [-0.39, 0.29) is 18.7 Å². The van der Waals surface area contributed by atoms with E-state index in [0.29, 0.717) is 6.54 Å². The number of carboxylic acids is 1. The van der Waals surface area contributed by atoms with Crippen LogP contribution in [0.3, 0.4) is 0 Å². The van der Waals surface area contributed by atoms with Crippen LogP contribution in [0, 0.1) is 0 Å². The molecular weight excluding hydrogens is 280 g/mol. The van der Waals surface area contributed by atoms with E-state index in [4.69, 9.17) is 10.8 Å². The lowest BCUT2D eigenvalue weighted by Gasteiger charge is -2.17. The summed E-state index contributed by atoms with van der Waals surface area (Å²) in [4.78, 5) is 44.7. The lowest BCUT2D eigenvalue weighted by molar-refractivity contribution is -0.139. The number of nitrogens with one attached hydrogen (secondary N) is 3. The molecule has 21 heavy (non-hydrogen) atoms. The Morgan fingerprint density at radius 1 is 1.19 bits per heavy atom. The Balaban J connectivity index is 4.33. The van der Waals surface area contributed by atoms with Gasteiger partial charge in [0.05, 0.1) is 0 Å². The summed E-state index contributed by atoms with van der Waals surface area (Å²) in [6.45, 7) is 3.86. The SMILES string of the molecule is CCCNC(=O)C(C)NC(=O)NC(CCC(N)=O)C(=O)O. The van der Waals surface area contributed by atoms with E-state index in [2.05, 4.69) is 16.0 Å². The number of primary amides is 1. The average Bonchev–Trinajstić information content (AvgIpc) is 2.39. The van der Waals surface area contributed by atoms with Crippen molar-refractivity contribution in [1.29, 1.82) is 0 Å². The Morgan fingerprint density at radius 3 is 2.29 bits per heavy atom. The number of carboxylic acid groups (broad SMARTS) is 1. The molecule has 0 rings (SSSR count). The molecule has 0 saturated heterocycles. The fourth-order valence-electron chi connectivity index (χ4n) is 1.41. The summed E-state index contributed by atoms with van der Waals surface area (Å²) >= 11 is 0. The summed E-state index contributed by atoms with van der Waals surface area (Å²) in [5.41, 5.74) is 4.93. The number of rotatable bonds is 9. The van der Waals surface area contributed by atoms with Gasteiger partial charge in [0.1, 0.15) is 12.1 Å². The maximum absolute atomic E-state index is 11.6. The van der Waals surface area contributed by atoms with Gasteiger partial charge in [0.25, 0.3) is 0 Å². The van der Waals surface area contributed by atoms with Crippen molar-refractivity contribution in [3.63, 3.8) is 0 Å². The van der Waals surface area contributed by atoms with Gasteiger partial charge in [-0.2, -0.15) is 0 Å². The zero-order valence-electron chi connectivity index (χ0n) is 12.1. The standard InChI is InChI=1S/C12H22N4O5/c1-3-6-14-10(18)7(2)15-12(21)16-8(11(19)20)4-5-9(13)17/h7-8H,3-6H2,1-2H3,(H2,13,17)(H,14,18)(H,19,20)(H2,15,16,21). The highest BCUT2D eigenvalue weighted by Gasteiger charge is 2.22. The lowest BCUT2D eigenvalue weighted by Crippen LogP contribution is -2.52. The van der Waals surface area contributed by atoms with Crippen LogP contribution in [0.25, 0.3) is 0 Å². The lowest BCUT2D eigenvalue weighted by atomic mass is 10.1. The molecule has 0 bridgehead atoms. The van der Waals surface area contributed by atoms with Crippen LogP contribution in [0.2, 0.25) is 0 Å². The molecule has 9 nitrogen and oxygen atoms in total. The largest absolute Gasteiger partial charge is 0.480 e. The topological polar surface area (TPSA) is 151 Å². The minimum absolute atomic E-state index is 0.117. The summed E-state index contributed by atoms with van der Waals surface area (Å²) in [5.74, 6) is -2.30. The molecule has 0 aromatic heterocycles. The van der Waals surface area contributed by atoms with Crippen molar-refractivity contribution < 1.29 is 24.3 Å². The molecule has 0 fully saturated rings. The maximum Gasteiger partial charge on any atom is 0.326 e. The second-order valence-corrected chi connectivity index (χ2v) is 4.53. The molecule has 6 N–H and O–H groups in total. The van der Waals surface area contributed by atoms with Crippen molar-refractivity contribution in [2.24, 2.45) is 5.73 Å². The Morgan fingerprint density at radius 2 is 1.81 bits per heavy atom. The molecule has 0 aromatic carbocycles. The Hall–Kier alpha value is -2.32. The van der Waals surface area contributed by atoms with Gasteiger partial charge in [0.15, 0.2) is 0 Å². The number of carbonyl (C=O) groups excluding carboxylic acids is 3. The number of carbonyl (C=O) groups is 4. The van der Waals surface area contributed by atoms with Gasteiger partial charge in [0, 0.05) is 13.0 Å². The Bertz CT molecular complexity index is 399. The maximum atomic E-state index is 11.6. The smallest absolute Gasteiger partial charge is 0.326 e. The second-order valence-electron chi connectivity index (χ2n) is 4.53. The van der Waals surface area contributed by atoms with Crippen LogP contribution in [0.5, 0.6) is 0 Å². The van der Waals surface area contributed by atoms with Crippen molar-refractivity contribution in [3.05, 3.63) is 0 Å². The molecule has 0 aromatic rings. The van der Waals surface area contributed by atoms with Crippen molar-refractivity contribution >= 4 is 23.8 Å². The number of amides is 4. The first-order chi connectivity index (χ1) is 9.77. The van der Waals surface area contributed by atoms with Gasteiger partial charge < -0.3 is 26.8 Å². The molecule has 4 amide bonds. The molecule has 0 spiro atoms. The Labute approximate surface area is 122 Å². The second kappa shape index (κ2) is 9.56. The van der Waals surface area contributed by atoms with Crippen LogP contribution in [-0.4, -0.2) is 47.5 Å². The number of urea groups is 1. The van der Waals surface area contributed by atoms with Gasteiger partial charge in [-0.3, -0.25) is 9.59 Å². The molecular formula is C12H22N4O5. The molecule has 9 heteroatoms. The predicted octanol–water partition coefficient (Wildman–Crippen LogP) is -1.08. The minimum Gasteiger partial charge on any atom is -0.480 e. The van der Waals surface area contributed by atoms with E-state index >= 15 is 0 Å². The van der Waals surface area contributed by atoms with Gasteiger partial charge in [-0.15, -0.1) is 0 Å². The third-order valence-electron chi connectivity index (χ3n) is 2.57. The monoisotopic (exact) mass is 302 g/mol. The van der Waals surface area contributed by atoms with Crippen molar-refractivity contribution in [2.45, 2.75) is 45.2 Å². The van der Waals surface area contributed by atoms with E-state index in [0.717, 1.165) is 6.42 Å². The fraction of sp³-hybridized carbons (Fsp3) is 0.667. The highest BCUT2D eigenvalue weighted by molar-refractivity contribution is 5.88. The number of aliphatic carboxylic acids is 1. The summed E-state index contributed by atoms with van der Waals surface area (Å²) in [6.07, 6.45) is 0.483. The zero-order chi connectivity index (χ0) is 16.4. The van der Waals surface area contributed by atoms with Gasteiger partial charge in [-0.1, -0.05) is 6.92 Å². The Kier molecular flexibility index (Phi) is 8.51. The quantitative estimate of drug-likeness (QED) is 0.367. The van der Waals surface area contributed by atoms with Gasteiger partial charge >= 0.3 is 12.0 Å². The molecule has 2 atom stereocenters. The van der Waals surface area contributed by atoms with E-state index in [1.54, 1.807) is 0 Å². The first-order valence-electron chi connectivity index (χ1n) is 6.63. The molecule has 0 aliphatic carbocycles. The predicted molar refractivity (Wildman–Crippen MR) is 74.3 cm³/mol. The van der Waals surface area contributed by atoms with Gasteiger partial charge in [0.2, 0.25) is 11.8 Å². The molecule has 0 aliphatic rings. The molecule has 0 aliphatic heterocycles. The summed E-state index contributed by atoms with van der Waals surface area (Å²) in [7, 11) is 0. The van der Waals surface area contributed by atoms with Crippen LogP contribution in [-0.2, 0) is 14.4 Å².